The molecule has 6 heteroatoms. The van der Waals surface area contributed by atoms with E-state index in [1.165, 1.54) is 17.7 Å². The van der Waals surface area contributed by atoms with Crippen molar-refractivity contribution in [2.75, 3.05) is 32.8 Å². The van der Waals surface area contributed by atoms with E-state index in [2.05, 4.69) is 16.0 Å². The Morgan fingerprint density at radius 2 is 2.07 bits per heavy atom. The van der Waals surface area contributed by atoms with Crippen molar-refractivity contribution in [1.29, 1.82) is 0 Å². The molecule has 1 unspecified atom stereocenters. The Labute approximate surface area is 164 Å². The van der Waals surface area contributed by atoms with Gasteiger partial charge in [-0.3, -0.25) is 14.7 Å². The van der Waals surface area contributed by atoms with Gasteiger partial charge in [0.2, 0.25) is 0 Å². The minimum absolute atomic E-state index is 0.0374. The van der Waals surface area contributed by atoms with Crippen LogP contribution in [-0.2, 0) is 6.54 Å². The highest BCUT2D eigenvalue weighted by Crippen LogP contribution is 2.45. The fourth-order valence-corrected chi connectivity index (χ4v) is 4.79. The summed E-state index contributed by atoms with van der Waals surface area (Å²) >= 11 is 0. The summed E-state index contributed by atoms with van der Waals surface area (Å²) in [7, 11) is 0. The molecule has 0 bridgehead atoms. The third kappa shape index (κ3) is 3.80. The van der Waals surface area contributed by atoms with Crippen molar-refractivity contribution < 1.29 is 14.3 Å². The van der Waals surface area contributed by atoms with Crippen LogP contribution in [0.1, 0.15) is 28.8 Å². The number of aromatic nitrogens is 1. The topological polar surface area (TPSA) is 56.7 Å². The first-order valence-electron chi connectivity index (χ1n) is 9.87. The van der Waals surface area contributed by atoms with Crippen molar-refractivity contribution in [3.8, 4) is 0 Å². The van der Waals surface area contributed by atoms with Crippen LogP contribution in [0.3, 0.4) is 0 Å². The number of aliphatic hydroxyl groups excluding tert-OH is 1. The van der Waals surface area contributed by atoms with Crippen LogP contribution in [-0.4, -0.2) is 58.6 Å². The molecule has 148 valence electrons. The van der Waals surface area contributed by atoms with Gasteiger partial charge in [-0.2, -0.15) is 0 Å². The Morgan fingerprint density at radius 3 is 2.75 bits per heavy atom. The van der Waals surface area contributed by atoms with Crippen molar-refractivity contribution in [3.05, 3.63) is 65.7 Å². The van der Waals surface area contributed by atoms with Crippen molar-refractivity contribution in [3.63, 3.8) is 0 Å². The molecule has 4 rings (SSSR count). The number of nitrogens with zero attached hydrogens (tertiary/aromatic N) is 3. The number of benzene rings is 1. The molecule has 2 aliphatic rings. The third-order valence-corrected chi connectivity index (χ3v) is 6.35. The van der Waals surface area contributed by atoms with Gasteiger partial charge in [0.05, 0.1) is 0 Å². The molecule has 0 saturated carbocycles. The van der Waals surface area contributed by atoms with Gasteiger partial charge in [-0.05, 0) is 48.1 Å². The molecule has 5 nitrogen and oxygen atoms in total. The van der Waals surface area contributed by atoms with Gasteiger partial charge in [-0.1, -0.05) is 12.1 Å². The number of aliphatic hydroxyl groups is 1. The van der Waals surface area contributed by atoms with Gasteiger partial charge < -0.3 is 10.0 Å². The SMILES string of the molecule is O=C(c1cccc(F)c1)N1CCC2(CC1)CN(Cc1cccnc1)CC2CO. The summed E-state index contributed by atoms with van der Waals surface area (Å²) in [5, 5.41) is 9.99. The Hall–Kier alpha value is -2.31. The van der Waals surface area contributed by atoms with Crippen LogP contribution in [0.25, 0.3) is 0 Å². The number of rotatable bonds is 4. The maximum atomic E-state index is 13.4. The zero-order valence-corrected chi connectivity index (χ0v) is 15.9. The molecule has 28 heavy (non-hydrogen) atoms. The average Bonchev–Trinajstić information content (AvgIpc) is 3.05. The second-order valence-corrected chi connectivity index (χ2v) is 8.08. The van der Waals surface area contributed by atoms with Crippen LogP contribution in [0.2, 0.25) is 0 Å². The van der Waals surface area contributed by atoms with Crippen LogP contribution in [0.5, 0.6) is 0 Å². The number of piperidine rings is 1. The lowest BCUT2D eigenvalue weighted by Gasteiger charge is -2.42. The Morgan fingerprint density at radius 1 is 1.25 bits per heavy atom. The van der Waals surface area contributed by atoms with E-state index in [1.807, 2.05) is 17.2 Å². The van der Waals surface area contributed by atoms with E-state index in [0.717, 1.165) is 32.5 Å². The zero-order valence-electron chi connectivity index (χ0n) is 15.9. The molecule has 3 heterocycles. The monoisotopic (exact) mass is 383 g/mol. The predicted octanol–water partition coefficient (Wildman–Crippen LogP) is 2.57. The smallest absolute Gasteiger partial charge is 0.253 e. The summed E-state index contributed by atoms with van der Waals surface area (Å²) in [6, 6.07) is 9.91. The number of carbonyl (C=O) groups excluding carboxylic acids is 1. The normalized spacial score (nSPS) is 21.9. The van der Waals surface area contributed by atoms with Crippen LogP contribution >= 0.6 is 0 Å². The third-order valence-electron chi connectivity index (χ3n) is 6.35. The summed E-state index contributed by atoms with van der Waals surface area (Å²) in [6.07, 6.45) is 5.39. The van der Waals surface area contributed by atoms with Crippen molar-refractivity contribution in [2.24, 2.45) is 11.3 Å². The van der Waals surface area contributed by atoms with Crippen molar-refractivity contribution in [2.45, 2.75) is 19.4 Å². The second kappa shape index (κ2) is 7.97. The van der Waals surface area contributed by atoms with E-state index in [-0.39, 0.29) is 29.7 Å². The number of hydrogen-bond acceptors (Lipinski definition) is 4. The number of hydrogen-bond donors (Lipinski definition) is 1. The van der Waals surface area contributed by atoms with Gasteiger partial charge in [0.25, 0.3) is 5.91 Å². The molecule has 2 fully saturated rings. The van der Waals surface area contributed by atoms with Crippen LogP contribution in [0.15, 0.2) is 48.8 Å². The first-order valence-corrected chi connectivity index (χ1v) is 9.87. The molecule has 0 radical (unpaired) electrons. The highest BCUT2D eigenvalue weighted by atomic mass is 19.1. The Kier molecular flexibility index (Phi) is 5.42. The molecule has 1 N–H and O–H groups in total. The van der Waals surface area contributed by atoms with Gasteiger partial charge in [-0.25, -0.2) is 4.39 Å². The molecule has 1 aromatic carbocycles. The summed E-state index contributed by atoms with van der Waals surface area (Å²) in [4.78, 5) is 21.1. The fraction of sp³-hybridized carbons (Fsp3) is 0.455. The summed E-state index contributed by atoms with van der Waals surface area (Å²) in [5.74, 6) is -0.280. The lowest BCUT2D eigenvalue weighted by Crippen LogP contribution is -2.47. The molecule has 1 aromatic heterocycles. The molecule has 0 aliphatic carbocycles. The van der Waals surface area contributed by atoms with Gasteiger partial charge in [0.15, 0.2) is 0 Å². The van der Waals surface area contributed by atoms with Gasteiger partial charge in [-0.15, -0.1) is 0 Å². The van der Waals surface area contributed by atoms with Gasteiger partial charge in [0.1, 0.15) is 5.82 Å². The summed E-state index contributed by atoms with van der Waals surface area (Å²) in [5.41, 5.74) is 1.62. The number of likely N-dealkylation sites (tertiary alicyclic amines) is 2. The standard InChI is InChI=1S/C22H26FN3O2/c23-20-5-1-4-18(11-20)21(28)26-9-6-22(7-10-26)16-25(14-19(22)15-27)13-17-3-2-8-24-12-17/h1-5,8,11-12,19,27H,6-7,9-10,13-16H2. The molecular weight excluding hydrogens is 357 g/mol. The number of pyridine rings is 1. The number of amides is 1. The first kappa shape index (κ1) is 19.0. The molecule has 1 atom stereocenters. The molecule has 2 aromatic rings. The summed E-state index contributed by atoms with van der Waals surface area (Å²) < 4.78 is 13.4. The molecule has 2 saturated heterocycles. The van der Waals surface area contributed by atoms with E-state index in [4.69, 9.17) is 0 Å². The minimum atomic E-state index is -0.387. The highest BCUT2D eigenvalue weighted by molar-refractivity contribution is 5.94. The lowest BCUT2D eigenvalue weighted by molar-refractivity contribution is 0.0401. The first-order chi connectivity index (χ1) is 13.6. The van der Waals surface area contributed by atoms with Gasteiger partial charge in [0, 0.05) is 63.2 Å². The van der Waals surface area contributed by atoms with Crippen molar-refractivity contribution >= 4 is 5.91 Å². The Balaban J connectivity index is 1.41. The maximum Gasteiger partial charge on any atom is 0.253 e. The van der Waals surface area contributed by atoms with E-state index in [1.54, 1.807) is 18.3 Å². The van der Waals surface area contributed by atoms with Gasteiger partial charge >= 0.3 is 0 Å². The van der Waals surface area contributed by atoms with E-state index >= 15 is 0 Å². The lowest BCUT2D eigenvalue weighted by atomic mass is 9.71. The largest absolute Gasteiger partial charge is 0.396 e. The van der Waals surface area contributed by atoms with Crippen LogP contribution in [0, 0.1) is 17.2 Å². The maximum absolute atomic E-state index is 13.4. The predicted molar refractivity (Wildman–Crippen MR) is 104 cm³/mol. The quantitative estimate of drug-likeness (QED) is 0.882. The molecule has 2 aliphatic heterocycles. The summed E-state index contributed by atoms with van der Waals surface area (Å²) in [6.45, 7) is 4.08. The second-order valence-electron chi connectivity index (χ2n) is 8.08. The minimum Gasteiger partial charge on any atom is -0.396 e. The number of halogens is 1. The van der Waals surface area contributed by atoms with E-state index in [9.17, 15) is 14.3 Å². The van der Waals surface area contributed by atoms with E-state index in [0.29, 0.717) is 18.7 Å². The van der Waals surface area contributed by atoms with Crippen LogP contribution < -0.4 is 0 Å². The fourth-order valence-electron chi connectivity index (χ4n) is 4.79. The number of carbonyl (C=O) groups is 1. The Bertz CT molecular complexity index is 822. The molecule has 1 amide bonds. The zero-order chi connectivity index (χ0) is 19.6. The highest BCUT2D eigenvalue weighted by Gasteiger charge is 2.48. The van der Waals surface area contributed by atoms with Crippen molar-refractivity contribution in [1.82, 2.24) is 14.8 Å². The average molecular weight is 383 g/mol. The van der Waals surface area contributed by atoms with Crippen LogP contribution in [0.4, 0.5) is 4.39 Å². The molecular formula is C22H26FN3O2. The molecule has 1 spiro atoms. The van der Waals surface area contributed by atoms with E-state index < -0.39 is 0 Å².